The zero-order chi connectivity index (χ0) is 18.3. The number of amides is 1. The highest BCUT2D eigenvalue weighted by Gasteiger charge is 2.18. The van der Waals surface area contributed by atoms with E-state index < -0.39 is 0 Å². The summed E-state index contributed by atoms with van der Waals surface area (Å²) in [6.07, 6.45) is 0. The molecule has 3 aromatic heterocycles. The third-order valence-corrected chi connectivity index (χ3v) is 5.00. The second-order valence-corrected chi connectivity index (χ2v) is 7.05. The largest absolute Gasteiger partial charge is 0.322 e. The Bertz CT molecular complexity index is 1110. The average molecular weight is 362 g/mol. The maximum absolute atomic E-state index is 13.0. The highest BCUT2D eigenvalue weighted by atomic mass is 32.1. The van der Waals surface area contributed by atoms with Gasteiger partial charge in [-0.05, 0) is 60.0 Å². The minimum atomic E-state index is -0.154. The standard InChI is InChI=1S/C20H18N4OS/c1-12-9-17(18-13(2)23-24(3)19(18)21-12)20(25)22-16-6-4-5-14(10-16)15-7-8-26-11-15/h4-11H,1-3H3,(H,22,25). The third kappa shape index (κ3) is 2.88. The number of benzene rings is 1. The minimum Gasteiger partial charge on any atom is -0.322 e. The van der Waals surface area contributed by atoms with Gasteiger partial charge in [0.25, 0.3) is 5.91 Å². The molecule has 1 aromatic carbocycles. The normalized spacial score (nSPS) is 11.0. The Hall–Kier alpha value is -2.99. The molecule has 0 atom stereocenters. The van der Waals surface area contributed by atoms with E-state index in [2.05, 4.69) is 26.8 Å². The van der Waals surface area contributed by atoms with Gasteiger partial charge in [-0.25, -0.2) is 4.98 Å². The van der Waals surface area contributed by atoms with Crippen molar-refractivity contribution in [2.45, 2.75) is 13.8 Å². The van der Waals surface area contributed by atoms with E-state index >= 15 is 0 Å². The van der Waals surface area contributed by atoms with Crippen LogP contribution in [0.3, 0.4) is 0 Å². The lowest BCUT2D eigenvalue weighted by atomic mass is 10.1. The van der Waals surface area contributed by atoms with E-state index in [0.717, 1.165) is 39.2 Å². The fourth-order valence-electron chi connectivity index (χ4n) is 3.15. The molecule has 1 amide bonds. The molecular weight excluding hydrogens is 344 g/mol. The second-order valence-electron chi connectivity index (χ2n) is 6.27. The van der Waals surface area contributed by atoms with Gasteiger partial charge in [0.15, 0.2) is 5.65 Å². The van der Waals surface area contributed by atoms with Gasteiger partial charge in [0.05, 0.1) is 16.6 Å². The van der Waals surface area contributed by atoms with Gasteiger partial charge in [-0.1, -0.05) is 12.1 Å². The first-order valence-corrected chi connectivity index (χ1v) is 9.22. The first kappa shape index (κ1) is 16.5. The summed E-state index contributed by atoms with van der Waals surface area (Å²) in [5.41, 5.74) is 5.90. The van der Waals surface area contributed by atoms with Crippen molar-refractivity contribution in [2.24, 2.45) is 7.05 Å². The number of fused-ring (bicyclic) bond motifs is 1. The first-order chi connectivity index (χ1) is 12.5. The molecule has 0 unspecified atom stereocenters. The second kappa shape index (κ2) is 6.38. The predicted molar refractivity (Wildman–Crippen MR) is 106 cm³/mol. The molecule has 26 heavy (non-hydrogen) atoms. The van der Waals surface area contributed by atoms with Crippen molar-refractivity contribution < 1.29 is 4.79 Å². The zero-order valence-electron chi connectivity index (χ0n) is 14.8. The molecule has 4 rings (SSSR count). The zero-order valence-corrected chi connectivity index (χ0v) is 15.6. The van der Waals surface area contributed by atoms with Crippen LogP contribution in [-0.4, -0.2) is 20.7 Å². The number of nitrogens with one attached hydrogen (secondary N) is 1. The van der Waals surface area contributed by atoms with Crippen LogP contribution >= 0.6 is 11.3 Å². The van der Waals surface area contributed by atoms with Crippen LogP contribution in [-0.2, 0) is 7.05 Å². The Balaban J connectivity index is 1.72. The number of hydrogen-bond donors (Lipinski definition) is 1. The SMILES string of the molecule is Cc1cc(C(=O)Nc2cccc(-c3ccsc3)c2)c2c(C)nn(C)c2n1. The van der Waals surface area contributed by atoms with Crippen molar-refractivity contribution >= 4 is 34.0 Å². The van der Waals surface area contributed by atoms with Gasteiger partial charge in [0.1, 0.15) is 0 Å². The van der Waals surface area contributed by atoms with Crippen molar-refractivity contribution in [3.05, 3.63) is 64.1 Å². The number of rotatable bonds is 3. The number of carbonyl (C=O) groups excluding carboxylic acids is 1. The summed E-state index contributed by atoms with van der Waals surface area (Å²) >= 11 is 1.65. The lowest BCUT2D eigenvalue weighted by molar-refractivity contribution is 0.102. The maximum Gasteiger partial charge on any atom is 0.256 e. The van der Waals surface area contributed by atoms with Crippen molar-refractivity contribution in [2.75, 3.05) is 5.32 Å². The van der Waals surface area contributed by atoms with Crippen molar-refractivity contribution in [1.29, 1.82) is 0 Å². The monoisotopic (exact) mass is 362 g/mol. The van der Waals surface area contributed by atoms with E-state index in [9.17, 15) is 4.79 Å². The summed E-state index contributed by atoms with van der Waals surface area (Å²) in [5, 5.41) is 12.4. The Morgan fingerprint density at radius 1 is 1.15 bits per heavy atom. The molecule has 6 heteroatoms. The van der Waals surface area contributed by atoms with Gasteiger partial charge >= 0.3 is 0 Å². The Morgan fingerprint density at radius 3 is 2.77 bits per heavy atom. The van der Waals surface area contributed by atoms with Crippen LogP contribution in [0.25, 0.3) is 22.2 Å². The predicted octanol–water partition coefficient (Wildman–Crippen LogP) is 4.57. The highest BCUT2D eigenvalue weighted by molar-refractivity contribution is 7.08. The Kier molecular flexibility index (Phi) is 4.05. The van der Waals surface area contributed by atoms with Gasteiger partial charge in [-0.2, -0.15) is 16.4 Å². The number of aryl methyl sites for hydroxylation is 3. The molecule has 1 N–H and O–H groups in total. The van der Waals surface area contributed by atoms with E-state index in [0.29, 0.717) is 5.56 Å². The maximum atomic E-state index is 13.0. The van der Waals surface area contributed by atoms with Crippen molar-refractivity contribution in [3.63, 3.8) is 0 Å². The summed E-state index contributed by atoms with van der Waals surface area (Å²) in [6, 6.07) is 11.8. The van der Waals surface area contributed by atoms with Crippen LogP contribution in [0.2, 0.25) is 0 Å². The fourth-order valence-corrected chi connectivity index (χ4v) is 3.82. The van der Waals surface area contributed by atoms with Crippen molar-refractivity contribution in [1.82, 2.24) is 14.8 Å². The summed E-state index contributed by atoms with van der Waals surface area (Å²) in [6.45, 7) is 3.78. The van der Waals surface area contributed by atoms with Gasteiger partial charge in [0.2, 0.25) is 0 Å². The van der Waals surface area contributed by atoms with Crippen LogP contribution in [0.5, 0.6) is 0 Å². The van der Waals surface area contributed by atoms with E-state index in [1.54, 1.807) is 16.0 Å². The van der Waals surface area contributed by atoms with Gasteiger partial charge in [-0.15, -0.1) is 0 Å². The smallest absolute Gasteiger partial charge is 0.256 e. The van der Waals surface area contributed by atoms with Crippen molar-refractivity contribution in [3.8, 4) is 11.1 Å². The summed E-state index contributed by atoms with van der Waals surface area (Å²) in [4.78, 5) is 17.5. The average Bonchev–Trinajstić information content (AvgIpc) is 3.24. The molecule has 130 valence electrons. The molecule has 0 radical (unpaired) electrons. The molecule has 5 nitrogen and oxygen atoms in total. The summed E-state index contributed by atoms with van der Waals surface area (Å²) in [5.74, 6) is -0.154. The minimum absolute atomic E-state index is 0.154. The molecule has 0 saturated heterocycles. The van der Waals surface area contributed by atoms with E-state index in [1.807, 2.05) is 56.6 Å². The fraction of sp³-hybridized carbons (Fsp3) is 0.150. The number of anilines is 1. The molecule has 0 aliphatic heterocycles. The van der Waals surface area contributed by atoms with Gasteiger partial charge < -0.3 is 5.32 Å². The summed E-state index contributed by atoms with van der Waals surface area (Å²) < 4.78 is 1.71. The topological polar surface area (TPSA) is 59.8 Å². The van der Waals surface area contributed by atoms with E-state index in [-0.39, 0.29) is 5.91 Å². The first-order valence-electron chi connectivity index (χ1n) is 8.28. The number of carbonyl (C=O) groups is 1. The van der Waals surface area contributed by atoms with Crippen LogP contribution in [0.15, 0.2) is 47.2 Å². The van der Waals surface area contributed by atoms with E-state index in [4.69, 9.17) is 0 Å². The van der Waals surface area contributed by atoms with Gasteiger partial charge in [0, 0.05) is 18.4 Å². The molecule has 3 heterocycles. The lowest BCUT2D eigenvalue weighted by Gasteiger charge is -2.09. The molecule has 0 saturated carbocycles. The molecule has 4 aromatic rings. The molecule has 0 bridgehead atoms. The molecule has 0 aliphatic carbocycles. The number of aromatic nitrogens is 3. The number of hydrogen-bond acceptors (Lipinski definition) is 4. The lowest BCUT2D eigenvalue weighted by Crippen LogP contribution is -2.13. The summed E-state index contributed by atoms with van der Waals surface area (Å²) in [7, 11) is 1.84. The van der Waals surface area contributed by atoms with Crippen LogP contribution in [0.1, 0.15) is 21.7 Å². The quantitative estimate of drug-likeness (QED) is 0.581. The molecule has 0 fully saturated rings. The van der Waals surface area contributed by atoms with Gasteiger partial charge in [-0.3, -0.25) is 9.48 Å². The molecular formula is C20H18N4OS. The molecule has 0 spiro atoms. The number of nitrogens with zero attached hydrogens (tertiary/aromatic N) is 3. The Labute approximate surface area is 155 Å². The highest BCUT2D eigenvalue weighted by Crippen LogP contribution is 2.26. The van der Waals surface area contributed by atoms with Crippen LogP contribution in [0, 0.1) is 13.8 Å². The van der Waals surface area contributed by atoms with Crippen LogP contribution in [0.4, 0.5) is 5.69 Å². The van der Waals surface area contributed by atoms with Crippen LogP contribution < -0.4 is 5.32 Å². The Morgan fingerprint density at radius 2 is 2.00 bits per heavy atom. The third-order valence-electron chi connectivity index (χ3n) is 4.32. The van der Waals surface area contributed by atoms with E-state index in [1.165, 1.54) is 0 Å². The molecule has 0 aliphatic rings. The number of thiophene rings is 1. The number of pyridine rings is 1.